The van der Waals surface area contributed by atoms with Crippen molar-refractivity contribution in [3.05, 3.63) is 206 Å². The molecule has 0 aliphatic heterocycles. The van der Waals surface area contributed by atoms with Crippen molar-refractivity contribution >= 4 is 60.9 Å². The van der Waals surface area contributed by atoms with Gasteiger partial charge < -0.3 is 13.7 Å². The zero-order valence-corrected chi connectivity index (χ0v) is 30.8. The molecule has 2 aromatic heterocycles. The van der Waals surface area contributed by atoms with Gasteiger partial charge in [-0.2, -0.15) is 0 Å². The number of nitrogens with zero attached hydrogens (tertiary/aromatic N) is 2. The molecule has 2 heterocycles. The van der Waals surface area contributed by atoms with Crippen molar-refractivity contribution in [2.24, 2.45) is 0 Å². The van der Waals surface area contributed by atoms with Gasteiger partial charge in [0.2, 0.25) is 5.89 Å². The molecule has 0 bridgehead atoms. The summed E-state index contributed by atoms with van der Waals surface area (Å²) in [6, 6.07) is 72.5. The van der Waals surface area contributed by atoms with Crippen molar-refractivity contribution in [3.8, 4) is 44.8 Å². The van der Waals surface area contributed by atoms with Crippen LogP contribution in [-0.2, 0) is 0 Å². The van der Waals surface area contributed by atoms with Crippen LogP contribution in [0.25, 0.3) is 88.6 Å². The lowest BCUT2D eigenvalue weighted by Crippen LogP contribution is -2.09. The Morgan fingerprint density at radius 1 is 0.351 bits per heavy atom. The molecule has 11 aromatic rings. The van der Waals surface area contributed by atoms with E-state index in [0.29, 0.717) is 5.89 Å². The SMILES string of the molecule is c1ccc(-c2ccc(N(c3ccc(-c4cccc5ccccc45)cc3)c3ccc(-c4cccc5oc6cc7nc(-c8ccccc8)oc7cc6c45)cc3)cc2)cc1. The fourth-order valence-electron chi connectivity index (χ4n) is 8.13. The minimum atomic E-state index is 0.598. The molecule has 0 aliphatic carbocycles. The molecule has 0 unspecified atom stereocenters. The van der Waals surface area contributed by atoms with Gasteiger partial charge in [0.25, 0.3) is 0 Å². The molecule has 0 amide bonds. The van der Waals surface area contributed by atoms with Crippen molar-refractivity contribution in [3.63, 3.8) is 0 Å². The van der Waals surface area contributed by atoms with Crippen LogP contribution in [0.2, 0.25) is 0 Å². The molecule has 0 saturated heterocycles. The number of furan rings is 1. The van der Waals surface area contributed by atoms with Gasteiger partial charge in [0.15, 0.2) is 5.58 Å². The lowest BCUT2D eigenvalue weighted by atomic mass is 9.97. The van der Waals surface area contributed by atoms with Crippen LogP contribution < -0.4 is 4.90 Å². The number of fused-ring (bicyclic) bond motifs is 5. The van der Waals surface area contributed by atoms with Gasteiger partial charge >= 0.3 is 0 Å². The van der Waals surface area contributed by atoms with Crippen LogP contribution in [0.3, 0.4) is 0 Å². The first kappa shape index (κ1) is 32.7. The van der Waals surface area contributed by atoms with Crippen molar-refractivity contribution in [2.45, 2.75) is 0 Å². The molecule has 0 aliphatic rings. The first-order chi connectivity index (χ1) is 28.2. The maximum Gasteiger partial charge on any atom is 0.227 e. The van der Waals surface area contributed by atoms with Gasteiger partial charge in [-0.25, -0.2) is 4.98 Å². The van der Waals surface area contributed by atoms with Crippen LogP contribution >= 0.6 is 0 Å². The molecule has 0 spiro atoms. The average molecular weight is 731 g/mol. The van der Waals surface area contributed by atoms with E-state index in [1.165, 1.54) is 33.0 Å². The van der Waals surface area contributed by atoms with Gasteiger partial charge in [0.1, 0.15) is 16.7 Å². The third kappa shape index (κ3) is 5.83. The van der Waals surface area contributed by atoms with Gasteiger partial charge in [-0.05, 0) is 105 Å². The van der Waals surface area contributed by atoms with Gasteiger partial charge in [-0.1, -0.05) is 140 Å². The highest BCUT2D eigenvalue weighted by atomic mass is 16.4. The van der Waals surface area contributed by atoms with E-state index >= 15 is 0 Å². The summed E-state index contributed by atoms with van der Waals surface area (Å²) < 4.78 is 12.7. The second-order valence-corrected chi connectivity index (χ2v) is 14.4. The van der Waals surface area contributed by atoms with Crippen molar-refractivity contribution in [2.75, 3.05) is 4.90 Å². The van der Waals surface area contributed by atoms with E-state index in [1.54, 1.807) is 0 Å². The number of hydrogen-bond donors (Lipinski definition) is 0. The van der Waals surface area contributed by atoms with Gasteiger partial charge in [-0.15, -0.1) is 0 Å². The molecule has 268 valence electrons. The van der Waals surface area contributed by atoms with Crippen LogP contribution in [-0.4, -0.2) is 4.98 Å². The lowest BCUT2D eigenvalue weighted by molar-refractivity contribution is 0.620. The van der Waals surface area contributed by atoms with E-state index < -0.39 is 0 Å². The fraction of sp³-hybridized carbons (Fsp3) is 0. The van der Waals surface area contributed by atoms with E-state index in [9.17, 15) is 0 Å². The van der Waals surface area contributed by atoms with Crippen LogP contribution in [0.15, 0.2) is 215 Å². The Labute approximate surface area is 329 Å². The quantitative estimate of drug-likeness (QED) is 0.164. The number of anilines is 3. The van der Waals surface area contributed by atoms with E-state index in [2.05, 4.69) is 169 Å². The molecule has 57 heavy (non-hydrogen) atoms. The molecule has 0 N–H and O–H groups in total. The predicted molar refractivity (Wildman–Crippen MR) is 235 cm³/mol. The summed E-state index contributed by atoms with van der Waals surface area (Å²) in [5.41, 5.74) is 14.3. The molecular weight excluding hydrogens is 697 g/mol. The number of hydrogen-bond acceptors (Lipinski definition) is 4. The number of aromatic nitrogens is 1. The Hall–Kier alpha value is -7.69. The van der Waals surface area contributed by atoms with Crippen molar-refractivity contribution in [1.29, 1.82) is 0 Å². The normalized spacial score (nSPS) is 11.5. The molecule has 0 saturated carbocycles. The molecule has 0 radical (unpaired) electrons. The largest absolute Gasteiger partial charge is 0.456 e. The topological polar surface area (TPSA) is 42.4 Å². The minimum Gasteiger partial charge on any atom is -0.456 e. The average Bonchev–Trinajstić information content (AvgIpc) is 3.87. The third-order valence-electron chi connectivity index (χ3n) is 10.9. The first-order valence-corrected chi connectivity index (χ1v) is 19.2. The number of benzene rings is 9. The van der Waals surface area contributed by atoms with Crippen LogP contribution in [0.4, 0.5) is 17.1 Å². The highest BCUT2D eigenvalue weighted by Gasteiger charge is 2.18. The molecule has 0 atom stereocenters. The smallest absolute Gasteiger partial charge is 0.227 e. The summed E-state index contributed by atoms with van der Waals surface area (Å²) in [7, 11) is 0. The molecule has 0 fully saturated rings. The Kier molecular flexibility index (Phi) is 7.78. The van der Waals surface area contributed by atoms with Crippen LogP contribution in [0.5, 0.6) is 0 Å². The Morgan fingerprint density at radius 3 is 1.60 bits per heavy atom. The second kappa shape index (κ2) is 13.6. The summed E-state index contributed by atoms with van der Waals surface area (Å²) in [4.78, 5) is 7.10. The lowest BCUT2D eigenvalue weighted by Gasteiger charge is -2.26. The molecule has 4 heteroatoms. The predicted octanol–water partition coefficient (Wildman–Crippen LogP) is 15.0. The second-order valence-electron chi connectivity index (χ2n) is 14.4. The Balaban J connectivity index is 0.989. The minimum absolute atomic E-state index is 0.598. The molecular formula is C53H34N2O2. The summed E-state index contributed by atoms with van der Waals surface area (Å²) in [6.45, 7) is 0. The fourth-order valence-corrected chi connectivity index (χ4v) is 8.13. The zero-order valence-electron chi connectivity index (χ0n) is 30.8. The Morgan fingerprint density at radius 2 is 0.895 bits per heavy atom. The zero-order chi connectivity index (χ0) is 37.7. The van der Waals surface area contributed by atoms with Gasteiger partial charge in [-0.3, -0.25) is 0 Å². The van der Waals surface area contributed by atoms with Gasteiger partial charge in [0.05, 0.1) is 0 Å². The third-order valence-corrected chi connectivity index (χ3v) is 10.9. The monoisotopic (exact) mass is 730 g/mol. The van der Waals surface area contributed by atoms with Crippen LogP contribution in [0.1, 0.15) is 0 Å². The maximum absolute atomic E-state index is 6.43. The number of oxazole rings is 1. The standard InChI is InChI=1S/C53H34N2O2/c1-3-11-35(12-4-1)36-21-27-41(28-22-36)55(42-29-23-38(24-30-42)45-18-9-16-37-13-7-8-17-44(37)45)43-31-25-39(26-32-43)46-19-10-20-49-52(46)47-33-51-48(34-50(47)56-49)54-53(57-51)40-14-5-2-6-15-40/h1-34H. The molecule has 4 nitrogen and oxygen atoms in total. The summed E-state index contributed by atoms with van der Waals surface area (Å²) >= 11 is 0. The number of rotatable bonds is 7. The van der Waals surface area contributed by atoms with E-state index in [4.69, 9.17) is 13.8 Å². The van der Waals surface area contributed by atoms with Gasteiger partial charge in [0, 0.05) is 39.5 Å². The summed E-state index contributed by atoms with van der Waals surface area (Å²) in [6.07, 6.45) is 0. The van der Waals surface area contributed by atoms with E-state index in [0.717, 1.165) is 66.8 Å². The van der Waals surface area contributed by atoms with E-state index in [1.807, 2.05) is 42.5 Å². The van der Waals surface area contributed by atoms with Crippen LogP contribution in [0, 0.1) is 0 Å². The molecule has 11 rings (SSSR count). The Bertz CT molecular complexity index is 3200. The maximum atomic E-state index is 6.43. The first-order valence-electron chi connectivity index (χ1n) is 19.2. The van der Waals surface area contributed by atoms with Crippen molar-refractivity contribution in [1.82, 2.24) is 4.98 Å². The van der Waals surface area contributed by atoms with E-state index in [-0.39, 0.29) is 0 Å². The highest BCUT2D eigenvalue weighted by Crippen LogP contribution is 2.42. The summed E-state index contributed by atoms with van der Waals surface area (Å²) in [5.74, 6) is 0.598. The summed E-state index contributed by atoms with van der Waals surface area (Å²) in [5, 5.41) is 4.54. The highest BCUT2D eigenvalue weighted by molar-refractivity contribution is 6.15. The van der Waals surface area contributed by atoms with Crippen molar-refractivity contribution < 1.29 is 8.83 Å². The molecule has 9 aromatic carbocycles.